The molecule has 0 aliphatic carbocycles. The molecule has 1 atom stereocenters. The number of aliphatic imine (C=N–C) groups is 1. The molecule has 0 saturated heterocycles. The van der Waals surface area contributed by atoms with Gasteiger partial charge >= 0.3 is 0 Å². The average Bonchev–Trinajstić information content (AvgIpc) is 3.12. The van der Waals surface area contributed by atoms with Crippen LogP contribution in [0.3, 0.4) is 0 Å². The van der Waals surface area contributed by atoms with Crippen molar-refractivity contribution in [1.82, 2.24) is 20.8 Å². The molecule has 150 valence electrons. The van der Waals surface area contributed by atoms with Gasteiger partial charge in [-0.2, -0.15) is 4.98 Å². The van der Waals surface area contributed by atoms with Crippen LogP contribution >= 0.6 is 24.0 Å². The molecule has 0 spiro atoms. The van der Waals surface area contributed by atoms with Crippen molar-refractivity contribution >= 4 is 29.9 Å². The van der Waals surface area contributed by atoms with E-state index in [9.17, 15) is 0 Å². The van der Waals surface area contributed by atoms with Crippen LogP contribution in [0.15, 0.2) is 27.7 Å². The van der Waals surface area contributed by atoms with E-state index >= 15 is 0 Å². The minimum atomic E-state index is -0.191. The number of nitrogens with one attached hydrogen (secondary N) is 2. The van der Waals surface area contributed by atoms with Crippen LogP contribution in [0, 0.1) is 6.92 Å². The topological polar surface area (TPSA) is 93.8 Å². The SMILES string of the molecule is CCOC(C)c1noc(CNC(=NC)NCc2ccc(C)cc2OC)n1.I. The number of benzene rings is 1. The van der Waals surface area contributed by atoms with Crippen molar-refractivity contribution in [3.8, 4) is 5.75 Å². The molecule has 0 fully saturated rings. The van der Waals surface area contributed by atoms with Crippen molar-refractivity contribution < 1.29 is 14.0 Å². The zero-order valence-electron chi connectivity index (χ0n) is 16.4. The maximum absolute atomic E-state index is 5.45. The Morgan fingerprint density at radius 1 is 1.30 bits per heavy atom. The summed E-state index contributed by atoms with van der Waals surface area (Å²) >= 11 is 0. The number of aryl methyl sites for hydroxylation is 1. The number of methoxy groups -OCH3 is 1. The quantitative estimate of drug-likeness (QED) is 0.335. The normalized spacial score (nSPS) is 12.3. The first kappa shape index (κ1) is 23.2. The highest BCUT2D eigenvalue weighted by Gasteiger charge is 2.14. The second-order valence-electron chi connectivity index (χ2n) is 5.74. The van der Waals surface area contributed by atoms with Crippen LogP contribution in [0.4, 0.5) is 0 Å². The predicted octanol–water partition coefficient (Wildman–Crippen LogP) is 2.97. The van der Waals surface area contributed by atoms with Crippen LogP contribution in [0.25, 0.3) is 0 Å². The highest BCUT2D eigenvalue weighted by atomic mass is 127. The molecule has 0 bridgehead atoms. The highest BCUT2D eigenvalue weighted by molar-refractivity contribution is 14.0. The summed E-state index contributed by atoms with van der Waals surface area (Å²) in [5, 5.41) is 10.3. The first-order chi connectivity index (χ1) is 12.6. The van der Waals surface area contributed by atoms with Gasteiger partial charge in [0.05, 0.1) is 13.7 Å². The summed E-state index contributed by atoms with van der Waals surface area (Å²) in [6.45, 7) is 7.41. The highest BCUT2D eigenvalue weighted by Crippen LogP contribution is 2.19. The molecule has 27 heavy (non-hydrogen) atoms. The van der Waals surface area contributed by atoms with Gasteiger partial charge in [0.1, 0.15) is 11.9 Å². The predicted molar refractivity (Wildman–Crippen MR) is 115 cm³/mol. The Hall–Kier alpha value is -1.88. The second kappa shape index (κ2) is 11.8. The third kappa shape index (κ3) is 6.98. The molecule has 0 amide bonds. The van der Waals surface area contributed by atoms with Crippen molar-refractivity contribution in [2.45, 2.75) is 40.0 Å². The molecule has 0 aliphatic heterocycles. The Kier molecular flexibility index (Phi) is 10.1. The average molecular weight is 489 g/mol. The maximum atomic E-state index is 5.45. The van der Waals surface area contributed by atoms with Gasteiger partial charge < -0.3 is 24.6 Å². The van der Waals surface area contributed by atoms with E-state index in [1.54, 1.807) is 14.2 Å². The van der Waals surface area contributed by atoms with Gasteiger partial charge in [-0.15, -0.1) is 24.0 Å². The summed E-state index contributed by atoms with van der Waals surface area (Å²) in [5.41, 5.74) is 2.20. The second-order valence-corrected chi connectivity index (χ2v) is 5.74. The van der Waals surface area contributed by atoms with Crippen molar-refractivity contribution in [1.29, 1.82) is 0 Å². The van der Waals surface area contributed by atoms with Crippen LogP contribution in [0.1, 0.15) is 42.8 Å². The molecule has 1 aromatic heterocycles. The lowest BCUT2D eigenvalue weighted by Gasteiger charge is -2.13. The molecule has 0 aliphatic rings. The number of aromatic nitrogens is 2. The van der Waals surface area contributed by atoms with E-state index in [2.05, 4.69) is 31.8 Å². The number of rotatable bonds is 8. The van der Waals surface area contributed by atoms with Crippen LogP contribution in [-0.2, 0) is 17.8 Å². The van der Waals surface area contributed by atoms with E-state index in [0.717, 1.165) is 16.9 Å². The number of nitrogens with zero attached hydrogens (tertiary/aromatic N) is 3. The Morgan fingerprint density at radius 2 is 2.04 bits per heavy atom. The van der Waals surface area contributed by atoms with Crippen molar-refractivity contribution in [3.63, 3.8) is 0 Å². The fourth-order valence-electron chi connectivity index (χ4n) is 2.39. The lowest BCUT2D eigenvalue weighted by molar-refractivity contribution is 0.0683. The van der Waals surface area contributed by atoms with E-state index in [0.29, 0.717) is 37.4 Å². The van der Waals surface area contributed by atoms with Crippen molar-refractivity contribution in [3.05, 3.63) is 41.0 Å². The van der Waals surface area contributed by atoms with Gasteiger partial charge in [0.15, 0.2) is 11.8 Å². The molecule has 1 aromatic carbocycles. The third-order valence-electron chi connectivity index (χ3n) is 3.78. The van der Waals surface area contributed by atoms with Gasteiger partial charge in [0.25, 0.3) is 0 Å². The van der Waals surface area contributed by atoms with Gasteiger partial charge in [-0.25, -0.2) is 0 Å². The van der Waals surface area contributed by atoms with E-state index in [1.165, 1.54) is 0 Å². The van der Waals surface area contributed by atoms with Crippen LogP contribution in [0.2, 0.25) is 0 Å². The molecule has 1 unspecified atom stereocenters. The zero-order chi connectivity index (χ0) is 18.9. The first-order valence-corrected chi connectivity index (χ1v) is 8.59. The summed E-state index contributed by atoms with van der Waals surface area (Å²) < 4.78 is 16.1. The Morgan fingerprint density at radius 3 is 2.70 bits per heavy atom. The van der Waals surface area contributed by atoms with Crippen LogP contribution in [-0.4, -0.2) is 36.9 Å². The first-order valence-electron chi connectivity index (χ1n) is 8.59. The Labute approximate surface area is 177 Å². The molecule has 2 N–H and O–H groups in total. The molecule has 2 rings (SSSR count). The molecule has 0 saturated carbocycles. The molecular formula is C18H28IN5O3. The summed E-state index contributed by atoms with van der Waals surface area (Å²) in [7, 11) is 3.37. The number of halogens is 1. The summed E-state index contributed by atoms with van der Waals surface area (Å²) in [4.78, 5) is 8.52. The van der Waals surface area contributed by atoms with Gasteiger partial charge in [-0.1, -0.05) is 17.3 Å². The fourth-order valence-corrected chi connectivity index (χ4v) is 2.39. The molecule has 9 heteroatoms. The number of hydrogen-bond acceptors (Lipinski definition) is 6. The minimum absolute atomic E-state index is 0. The molecule has 2 aromatic rings. The van der Waals surface area contributed by atoms with Crippen molar-refractivity contribution in [2.75, 3.05) is 20.8 Å². The van der Waals surface area contributed by atoms with Gasteiger partial charge in [-0.3, -0.25) is 4.99 Å². The molecule has 1 heterocycles. The number of guanidine groups is 1. The number of ether oxygens (including phenoxy) is 2. The van der Waals surface area contributed by atoms with Gasteiger partial charge in [0.2, 0.25) is 5.89 Å². The molecular weight excluding hydrogens is 461 g/mol. The van der Waals surface area contributed by atoms with E-state index in [-0.39, 0.29) is 30.1 Å². The van der Waals surface area contributed by atoms with E-state index in [1.807, 2.05) is 32.9 Å². The Balaban J connectivity index is 0.00000364. The lowest BCUT2D eigenvalue weighted by Crippen LogP contribution is -2.36. The molecule has 0 radical (unpaired) electrons. The van der Waals surface area contributed by atoms with Crippen LogP contribution < -0.4 is 15.4 Å². The van der Waals surface area contributed by atoms with E-state index in [4.69, 9.17) is 14.0 Å². The maximum Gasteiger partial charge on any atom is 0.246 e. The van der Waals surface area contributed by atoms with Gasteiger partial charge in [0, 0.05) is 25.8 Å². The largest absolute Gasteiger partial charge is 0.496 e. The smallest absolute Gasteiger partial charge is 0.246 e. The monoisotopic (exact) mass is 489 g/mol. The zero-order valence-corrected chi connectivity index (χ0v) is 18.7. The third-order valence-corrected chi connectivity index (χ3v) is 3.78. The summed E-state index contributed by atoms with van der Waals surface area (Å²) in [6.07, 6.45) is -0.191. The number of hydrogen-bond donors (Lipinski definition) is 2. The Bertz CT molecular complexity index is 736. The fraction of sp³-hybridized carbons (Fsp3) is 0.500. The molecule has 8 nitrogen and oxygen atoms in total. The standard InChI is InChI=1S/C18H27N5O3.HI/c1-6-25-13(3)17-22-16(26-23-17)11-21-18(19-4)20-10-14-8-7-12(2)9-15(14)24-5;/h7-9,13H,6,10-11H2,1-5H3,(H2,19,20,21);1H. The summed E-state index contributed by atoms with van der Waals surface area (Å²) in [5.74, 6) is 2.49. The minimum Gasteiger partial charge on any atom is -0.496 e. The van der Waals surface area contributed by atoms with Crippen molar-refractivity contribution in [2.24, 2.45) is 4.99 Å². The lowest BCUT2D eigenvalue weighted by atomic mass is 10.1. The van der Waals surface area contributed by atoms with E-state index < -0.39 is 0 Å². The summed E-state index contributed by atoms with van der Waals surface area (Å²) in [6, 6.07) is 6.09. The van der Waals surface area contributed by atoms with Gasteiger partial charge in [-0.05, 0) is 32.4 Å². The van der Waals surface area contributed by atoms with Crippen LogP contribution in [0.5, 0.6) is 5.75 Å².